The van der Waals surface area contributed by atoms with E-state index < -0.39 is 17.8 Å². The molecule has 2 aromatic carbocycles. The number of amides is 1. The summed E-state index contributed by atoms with van der Waals surface area (Å²) in [6.07, 6.45) is 3.01. The number of carbonyl (C=O) groups excluding carboxylic acids is 3. The maximum absolute atomic E-state index is 12.1. The summed E-state index contributed by atoms with van der Waals surface area (Å²) in [4.78, 5) is 35.7. The number of hydrogen-bond donors (Lipinski definition) is 2. The zero-order valence-electron chi connectivity index (χ0n) is 16.1. The van der Waals surface area contributed by atoms with E-state index in [1.807, 2.05) is 31.2 Å². The second-order valence-corrected chi connectivity index (χ2v) is 6.38. The number of esters is 2. The smallest absolute Gasteiger partial charge is 0.337 e. The topological polar surface area (TPSA) is 93.7 Å². The highest BCUT2D eigenvalue weighted by Gasteiger charge is 2.14. The molecule has 2 rings (SSSR count). The van der Waals surface area contributed by atoms with Gasteiger partial charge in [-0.1, -0.05) is 29.8 Å². The molecule has 0 saturated heterocycles. The summed E-state index contributed by atoms with van der Waals surface area (Å²) in [5.74, 6) is -1.69. The molecule has 29 heavy (non-hydrogen) atoms. The fraction of sp³-hybridized carbons (Fsp3) is 0.143. The first-order valence-electron chi connectivity index (χ1n) is 8.51. The Morgan fingerprint density at radius 1 is 0.931 bits per heavy atom. The molecule has 0 heterocycles. The Hall–Kier alpha value is -3.52. The lowest BCUT2D eigenvalue weighted by Crippen LogP contribution is -2.33. The molecule has 8 heteroatoms. The summed E-state index contributed by atoms with van der Waals surface area (Å²) in [5, 5.41) is 5.27. The van der Waals surface area contributed by atoms with Gasteiger partial charge in [0, 0.05) is 11.8 Å². The van der Waals surface area contributed by atoms with E-state index in [1.54, 1.807) is 6.08 Å². The van der Waals surface area contributed by atoms with E-state index in [9.17, 15) is 14.4 Å². The molecule has 2 aromatic rings. The Morgan fingerprint density at radius 3 is 2.00 bits per heavy atom. The fourth-order valence-electron chi connectivity index (χ4n) is 2.34. The highest BCUT2D eigenvalue weighted by Crippen LogP contribution is 2.17. The van der Waals surface area contributed by atoms with Crippen LogP contribution in [-0.2, 0) is 14.3 Å². The van der Waals surface area contributed by atoms with Gasteiger partial charge in [-0.05, 0) is 49.0 Å². The van der Waals surface area contributed by atoms with Gasteiger partial charge in [0.25, 0.3) is 0 Å². The summed E-state index contributed by atoms with van der Waals surface area (Å²) >= 11 is 5.13. The number of benzene rings is 2. The van der Waals surface area contributed by atoms with Crippen molar-refractivity contribution in [2.24, 2.45) is 0 Å². The van der Waals surface area contributed by atoms with E-state index in [-0.39, 0.29) is 16.2 Å². The Bertz CT molecular complexity index is 933. The zero-order valence-corrected chi connectivity index (χ0v) is 17.0. The van der Waals surface area contributed by atoms with Gasteiger partial charge in [-0.2, -0.15) is 0 Å². The van der Waals surface area contributed by atoms with E-state index in [0.29, 0.717) is 5.69 Å². The Balaban J connectivity index is 2.08. The van der Waals surface area contributed by atoms with Gasteiger partial charge in [0.05, 0.1) is 25.3 Å². The highest BCUT2D eigenvalue weighted by molar-refractivity contribution is 7.80. The molecule has 0 aliphatic rings. The Morgan fingerprint density at radius 2 is 1.48 bits per heavy atom. The summed E-state index contributed by atoms with van der Waals surface area (Å²) < 4.78 is 9.36. The van der Waals surface area contributed by atoms with E-state index in [0.717, 1.165) is 11.1 Å². The molecule has 0 fully saturated rings. The van der Waals surface area contributed by atoms with Crippen LogP contribution >= 0.6 is 12.2 Å². The summed E-state index contributed by atoms with van der Waals surface area (Å²) in [5.41, 5.74) is 2.58. The number of carbonyl (C=O) groups is 3. The SMILES string of the molecule is COC(=O)c1cc(NC(=S)NC(=O)/C=C/c2ccc(C)cc2)cc(C(=O)OC)c1. The largest absolute Gasteiger partial charge is 0.465 e. The molecule has 0 bridgehead atoms. The lowest BCUT2D eigenvalue weighted by Gasteiger charge is -2.11. The minimum atomic E-state index is -0.630. The number of thiocarbonyl (C=S) groups is 1. The first-order chi connectivity index (χ1) is 13.8. The maximum Gasteiger partial charge on any atom is 0.337 e. The van der Waals surface area contributed by atoms with Crippen LogP contribution in [-0.4, -0.2) is 37.2 Å². The van der Waals surface area contributed by atoms with Gasteiger partial charge in [-0.15, -0.1) is 0 Å². The number of nitrogens with one attached hydrogen (secondary N) is 2. The van der Waals surface area contributed by atoms with E-state index in [4.69, 9.17) is 12.2 Å². The van der Waals surface area contributed by atoms with Crippen molar-refractivity contribution < 1.29 is 23.9 Å². The third-order valence-corrected chi connectivity index (χ3v) is 3.98. The average Bonchev–Trinajstić information content (AvgIpc) is 2.71. The van der Waals surface area contributed by atoms with Crippen LogP contribution in [0.3, 0.4) is 0 Å². The molecule has 1 amide bonds. The van der Waals surface area contributed by atoms with Crippen molar-refractivity contribution >= 4 is 46.9 Å². The minimum absolute atomic E-state index is 0.00128. The predicted octanol–water partition coefficient (Wildman–Crippen LogP) is 3.09. The summed E-state index contributed by atoms with van der Waals surface area (Å²) in [7, 11) is 2.46. The Labute approximate surface area is 173 Å². The number of anilines is 1. The molecule has 0 radical (unpaired) electrons. The standard InChI is InChI=1S/C21H20N2O5S/c1-13-4-6-14(7-5-13)8-9-18(24)23-21(29)22-17-11-15(19(25)27-2)10-16(12-17)20(26)28-3/h4-12H,1-3H3,(H2,22,23,24,29)/b9-8+. The van der Waals surface area contributed by atoms with E-state index in [1.165, 1.54) is 38.5 Å². The monoisotopic (exact) mass is 412 g/mol. The van der Waals surface area contributed by atoms with Gasteiger partial charge < -0.3 is 14.8 Å². The second-order valence-electron chi connectivity index (χ2n) is 5.97. The lowest BCUT2D eigenvalue weighted by atomic mass is 10.1. The van der Waals surface area contributed by atoms with Crippen LogP contribution in [0.4, 0.5) is 5.69 Å². The molecule has 0 saturated carbocycles. The average molecular weight is 412 g/mol. The van der Waals surface area contributed by atoms with Crippen molar-refractivity contribution in [1.29, 1.82) is 0 Å². The lowest BCUT2D eigenvalue weighted by molar-refractivity contribution is -0.115. The second kappa shape index (κ2) is 10.1. The molecule has 0 aromatic heterocycles. The van der Waals surface area contributed by atoms with Crippen LogP contribution in [0.25, 0.3) is 6.08 Å². The van der Waals surface area contributed by atoms with Gasteiger partial charge >= 0.3 is 11.9 Å². The summed E-state index contributed by atoms with van der Waals surface area (Å²) in [6.45, 7) is 1.98. The van der Waals surface area contributed by atoms with E-state index in [2.05, 4.69) is 20.1 Å². The molecule has 150 valence electrons. The van der Waals surface area contributed by atoms with Gasteiger partial charge in [0.1, 0.15) is 0 Å². The van der Waals surface area contributed by atoms with Crippen molar-refractivity contribution in [2.45, 2.75) is 6.92 Å². The summed E-state index contributed by atoms with van der Waals surface area (Å²) in [6, 6.07) is 11.9. The maximum atomic E-state index is 12.1. The quantitative estimate of drug-likeness (QED) is 0.443. The predicted molar refractivity (Wildman–Crippen MR) is 114 cm³/mol. The first-order valence-corrected chi connectivity index (χ1v) is 8.91. The molecule has 0 spiro atoms. The van der Waals surface area contributed by atoms with Crippen molar-refractivity contribution in [2.75, 3.05) is 19.5 Å². The molecular weight excluding hydrogens is 392 g/mol. The fourth-order valence-corrected chi connectivity index (χ4v) is 2.55. The van der Waals surface area contributed by atoms with Gasteiger partial charge in [-0.25, -0.2) is 9.59 Å². The molecule has 0 aliphatic heterocycles. The third kappa shape index (κ3) is 6.54. The van der Waals surface area contributed by atoms with Crippen LogP contribution < -0.4 is 10.6 Å². The molecule has 0 atom stereocenters. The minimum Gasteiger partial charge on any atom is -0.465 e. The number of ether oxygens (including phenoxy) is 2. The highest BCUT2D eigenvalue weighted by atomic mass is 32.1. The number of aryl methyl sites for hydroxylation is 1. The van der Waals surface area contributed by atoms with Crippen LogP contribution in [0.5, 0.6) is 0 Å². The van der Waals surface area contributed by atoms with Crippen molar-refractivity contribution in [3.8, 4) is 0 Å². The van der Waals surface area contributed by atoms with Gasteiger partial charge in [0.2, 0.25) is 5.91 Å². The Kier molecular flexibility index (Phi) is 7.62. The number of rotatable bonds is 5. The van der Waals surface area contributed by atoms with Crippen molar-refractivity contribution in [3.05, 3.63) is 70.8 Å². The normalized spacial score (nSPS) is 10.3. The van der Waals surface area contributed by atoms with Crippen LogP contribution in [0.1, 0.15) is 31.8 Å². The van der Waals surface area contributed by atoms with E-state index >= 15 is 0 Å². The van der Waals surface area contributed by atoms with Crippen molar-refractivity contribution in [1.82, 2.24) is 5.32 Å². The molecule has 2 N–H and O–H groups in total. The molecular formula is C21H20N2O5S. The van der Waals surface area contributed by atoms with Crippen LogP contribution in [0, 0.1) is 6.92 Å². The third-order valence-electron chi connectivity index (χ3n) is 3.77. The van der Waals surface area contributed by atoms with Gasteiger partial charge in [0.15, 0.2) is 5.11 Å². The molecule has 7 nitrogen and oxygen atoms in total. The van der Waals surface area contributed by atoms with Crippen LogP contribution in [0.2, 0.25) is 0 Å². The molecule has 0 unspecified atom stereocenters. The van der Waals surface area contributed by atoms with Crippen molar-refractivity contribution in [3.63, 3.8) is 0 Å². The molecule has 0 aliphatic carbocycles. The van der Waals surface area contributed by atoms with Gasteiger partial charge in [-0.3, -0.25) is 10.1 Å². The first kappa shape index (κ1) is 21.8. The number of methoxy groups -OCH3 is 2. The zero-order chi connectivity index (χ0) is 21.4. The van der Waals surface area contributed by atoms with Crippen LogP contribution in [0.15, 0.2) is 48.5 Å². The number of hydrogen-bond acceptors (Lipinski definition) is 6.